The van der Waals surface area contributed by atoms with Gasteiger partial charge in [-0.3, -0.25) is 4.79 Å². The van der Waals surface area contributed by atoms with Crippen molar-refractivity contribution in [3.63, 3.8) is 0 Å². The van der Waals surface area contributed by atoms with Crippen LogP contribution >= 0.6 is 0 Å². The van der Waals surface area contributed by atoms with Crippen molar-refractivity contribution >= 4 is 5.91 Å². The highest BCUT2D eigenvalue weighted by molar-refractivity contribution is 5.82. The fraction of sp³-hybridized carbons (Fsp3) is 0.533. The Labute approximate surface area is 110 Å². The highest BCUT2D eigenvalue weighted by Crippen LogP contribution is 2.09. The number of nitrogens with one attached hydrogen (secondary N) is 1. The van der Waals surface area contributed by atoms with Gasteiger partial charge in [0.2, 0.25) is 5.91 Å². The minimum Gasteiger partial charge on any atom is -0.354 e. The molecule has 18 heavy (non-hydrogen) atoms. The first-order valence-electron chi connectivity index (χ1n) is 6.84. The van der Waals surface area contributed by atoms with Crippen LogP contribution in [0.3, 0.4) is 0 Å². The standard InChI is InChI=1S/C15H24N2O/c1-2-3-4-5-9-12-17-15(18)14(16)13-10-7-6-8-11-13/h6-8,10-11,14H,2-5,9,12,16H2,1H3,(H,17,18). The van der Waals surface area contributed by atoms with Gasteiger partial charge in [-0.25, -0.2) is 0 Å². The third kappa shape index (κ3) is 5.32. The van der Waals surface area contributed by atoms with Gasteiger partial charge in [0.05, 0.1) is 0 Å². The van der Waals surface area contributed by atoms with Crippen molar-refractivity contribution in [2.75, 3.05) is 6.54 Å². The number of benzene rings is 1. The zero-order chi connectivity index (χ0) is 13.2. The molecule has 0 aliphatic rings. The normalized spacial score (nSPS) is 12.1. The fourth-order valence-electron chi connectivity index (χ4n) is 1.86. The Morgan fingerprint density at radius 2 is 1.83 bits per heavy atom. The van der Waals surface area contributed by atoms with Crippen LogP contribution in [0.25, 0.3) is 0 Å². The molecule has 0 saturated carbocycles. The van der Waals surface area contributed by atoms with Crippen molar-refractivity contribution in [1.82, 2.24) is 5.32 Å². The number of amides is 1. The number of nitrogens with two attached hydrogens (primary N) is 1. The van der Waals surface area contributed by atoms with Gasteiger partial charge in [0.1, 0.15) is 6.04 Å². The summed E-state index contributed by atoms with van der Waals surface area (Å²) in [7, 11) is 0. The van der Waals surface area contributed by atoms with Gasteiger partial charge in [0, 0.05) is 6.54 Å². The van der Waals surface area contributed by atoms with Gasteiger partial charge in [-0.1, -0.05) is 62.9 Å². The largest absolute Gasteiger partial charge is 0.354 e. The van der Waals surface area contributed by atoms with Crippen LogP contribution in [0.2, 0.25) is 0 Å². The molecule has 1 unspecified atom stereocenters. The Kier molecular flexibility index (Phi) is 7.11. The highest BCUT2D eigenvalue weighted by atomic mass is 16.2. The zero-order valence-electron chi connectivity index (χ0n) is 11.2. The van der Waals surface area contributed by atoms with Crippen molar-refractivity contribution < 1.29 is 4.79 Å². The van der Waals surface area contributed by atoms with Crippen LogP contribution in [0, 0.1) is 0 Å². The molecule has 0 aromatic heterocycles. The number of carbonyl (C=O) groups is 1. The Morgan fingerprint density at radius 3 is 2.50 bits per heavy atom. The maximum Gasteiger partial charge on any atom is 0.241 e. The lowest BCUT2D eigenvalue weighted by Gasteiger charge is -2.12. The summed E-state index contributed by atoms with van der Waals surface area (Å²) >= 11 is 0. The van der Waals surface area contributed by atoms with Crippen molar-refractivity contribution in [2.45, 2.75) is 45.1 Å². The Hall–Kier alpha value is -1.35. The number of hydrogen-bond donors (Lipinski definition) is 2. The van der Waals surface area contributed by atoms with E-state index in [0.29, 0.717) is 0 Å². The molecule has 0 aliphatic heterocycles. The van der Waals surface area contributed by atoms with E-state index in [1.54, 1.807) is 0 Å². The average molecular weight is 248 g/mol. The molecule has 1 aromatic rings. The molecular weight excluding hydrogens is 224 g/mol. The van der Waals surface area contributed by atoms with Gasteiger partial charge in [-0.2, -0.15) is 0 Å². The first-order chi connectivity index (χ1) is 8.75. The molecule has 0 spiro atoms. The van der Waals surface area contributed by atoms with E-state index in [-0.39, 0.29) is 5.91 Å². The molecular formula is C15H24N2O. The summed E-state index contributed by atoms with van der Waals surface area (Å²) in [6.07, 6.45) is 5.97. The van der Waals surface area contributed by atoms with E-state index >= 15 is 0 Å². The number of unbranched alkanes of at least 4 members (excludes halogenated alkanes) is 4. The molecule has 0 fully saturated rings. The number of rotatable bonds is 8. The van der Waals surface area contributed by atoms with Crippen LogP contribution in [-0.2, 0) is 4.79 Å². The van der Waals surface area contributed by atoms with Crippen molar-refractivity contribution in [1.29, 1.82) is 0 Å². The molecule has 1 atom stereocenters. The van der Waals surface area contributed by atoms with Gasteiger partial charge in [-0.05, 0) is 12.0 Å². The lowest BCUT2D eigenvalue weighted by Crippen LogP contribution is -2.34. The van der Waals surface area contributed by atoms with E-state index < -0.39 is 6.04 Å². The second-order valence-electron chi connectivity index (χ2n) is 4.59. The molecule has 0 radical (unpaired) electrons. The smallest absolute Gasteiger partial charge is 0.241 e. The van der Waals surface area contributed by atoms with E-state index in [0.717, 1.165) is 18.5 Å². The van der Waals surface area contributed by atoms with E-state index in [1.165, 1.54) is 25.7 Å². The summed E-state index contributed by atoms with van der Waals surface area (Å²) < 4.78 is 0. The topological polar surface area (TPSA) is 55.1 Å². The Bertz CT molecular complexity index is 338. The van der Waals surface area contributed by atoms with Crippen LogP contribution in [0.15, 0.2) is 30.3 Å². The van der Waals surface area contributed by atoms with Crippen LogP contribution in [0.4, 0.5) is 0 Å². The molecule has 0 bridgehead atoms. The second-order valence-corrected chi connectivity index (χ2v) is 4.59. The molecule has 100 valence electrons. The average Bonchev–Trinajstić information content (AvgIpc) is 2.42. The van der Waals surface area contributed by atoms with E-state index in [4.69, 9.17) is 5.73 Å². The van der Waals surface area contributed by atoms with Gasteiger partial charge >= 0.3 is 0 Å². The maximum absolute atomic E-state index is 11.8. The summed E-state index contributed by atoms with van der Waals surface area (Å²) in [5.74, 6) is -0.0864. The molecule has 3 N–H and O–H groups in total. The Morgan fingerprint density at radius 1 is 1.17 bits per heavy atom. The van der Waals surface area contributed by atoms with Crippen LogP contribution in [0.5, 0.6) is 0 Å². The third-order valence-corrected chi connectivity index (χ3v) is 3.02. The monoisotopic (exact) mass is 248 g/mol. The summed E-state index contributed by atoms with van der Waals surface area (Å²) in [5.41, 5.74) is 6.75. The number of carbonyl (C=O) groups excluding carboxylic acids is 1. The first-order valence-corrected chi connectivity index (χ1v) is 6.84. The van der Waals surface area contributed by atoms with E-state index in [1.807, 2.05) is 30.3 Å². The SMILES string of the molecule is CCCCCCCNC(=O)C(N)c1ccccc1. The minimum absolute atomic E-state index is 0.0864. The predicted molar refractivity (Wildman–Crippen MR) is 75.1 cm³/mol. The highest BCUT2D eigenvalue weighted by Gasteiger charge is 2.14. The zero-order valence-corrected chi connectivity index (χ0v) is 11.2. The quantitative estimate of drug-likeness (QED) is 0.695. The van der Waals surface area contributed by atoms with Gasteiger partial charge in [-0.15, -0.1) is 0 Å². The third-order valence-electron chi connectivity index (χ3n) is 3.02. The molecule has 3 nitrogen and oxygen atoms in total. The molecule has 0 saturated heterocycles. The Balaban J connectivity index is 2.20. The number of hydrogen-bond acceptors (Lipinski definition) is 2. The lowest BCUT2D eigenvalue weighted by molar-refractivity contribution is -0.122. The van der Waals surface area contributed by atoms with Gasteiger partial charge in [0.15, 0.2) is 0 Å². The summed E-state index contributed by atoms with van der Waals surface area (Å²) in [4.78, 5) is 11.8. The van der Waals surface area contributed by atoms with Crippen LogP contribution in [0.1, 0.15) is 50.6 Å². The molecule has 3 heteroatoms. The molecule has 0 aliphatic carbocycles. The van der Waals surface area contributed by atoms with E-state index in [9.17, 15) is 4.79 Å². The predicted octanol–water partition coefficient (Wildman–Crippen LogP) is 2.77. The summed E-state index contributed by atoms with van der Waals surface area (Å²) in [5, 5.41) is 2.89. The minimum atomic E-state index is -0.554. The summed E-state index contributed by atoms with van der Waals surface area (Å²) in [6, 6.07) is 8.92. The molecule has 1 aromatic carbocycles. The van der Waals surface area contributed by atoms with Crippen molar-refractivity contribution in [2.24, 2.45) is 5.73 Å². The van der Waals surface area contributed by atoms with E-state index in [2.05, 4.69) is 12.2 Å². The molecule has 1 amide bonds. The molecule has 1 rings (SSSR count). The first kappa shape index (κ1) is 14.7. The lowest BCUT2D eigenvalue weighted by atomic mass is 10.1. The molecule has 0 heterocycles. The van der Waals surface area contributed by atoms with Crippen molar-refractivity contribution in [3.05, 3.63) is 35.9 Å². The fourth-order valence-corrected chi connectivity index (χ4v) is 1.86. The van der Waals surface area contributed by atoms with Crippen molar-refractivity contribution in [3.8, 4) is 0 Å². The maximum atomic E-state index is 11.8. The van der Waals surface area contributed by atoms with Gasteiger partial charge in [0.25, 0.3) is 0 Å². The summed E-state index contributed by atoms with van der Waals surface area (Å²) in [6.45, 7) is 2.92. The van der Waals surface area contributed by atoms with Gasteiger partial charge < -0.3 is 11.1 Å². The van der Waals surface area contributed by atoms with Crippen LogP contribution < -0.4 is 11.1 Å². The van der Waals surface area contributed by atoms with Crippen LogP contribution in [-0.4, -0.2) is 12.5 Å². The second kappa shape index (κ2) is 8.70.